The van der Waals surface area contributed by atoms with Gasteiger partial charge in [-0.05, 0) is 12.1 Å². The summed E-state index contributed by atoms with van der Waals surface area (Å²) in [4.78, 5) is 27.8. The van der Waals surface area contributed by atoms with Crippen LogP contribution in [0.2, 0.25) is 0 Å². The SMILES string of the molecule is Cl.NCCNC(=O)c1ccccc1NC(=O)CCn1cncn1. The Balaban J connectivity index is 0.00000264. The highest BCUT2D eigenvalue weighted by molar-refractivity contribution is 6.03. The van der Waals surface area contributed by atoms with Crippen molar-refractivity contribution in [2.75, 3.05) is 18.4 Å². The number of benzene rings is 1. The largest absolute Gasteiger partial charge is 0.351 e. The zero-order chi connectivity index (χ0) is 15.8. The molecule has 0 saturated carbocycles. The highest BCUT2D eigenvalue weighted by Crippen LogP contribution is 2.15. The van der Waals surface area contributed by atoms with Crippen LogP contribution in [0, 0.1) is 0 Å². The highest BCUT2D eigenvalue weighted by atomic mass is 35.5. The predicted octanol–water partition coefficient (Wildman–Crippen LogP) is 0.417. The fourth-order valence-corrected chi connectivity index (χ4v) is 1.85. The number of amides is 2. The topological polar surface area (TPSA) is 115 Å². The Hall–Kier alpha value is -2.45. The summed E-state index contributed by atoms with van der Waals surface area (Å²) in [6.45, 7) is 1.17. The first-order valence-corrected chi connectivity index (χ1v) is 6.90. The van der Waals surface area contributed by atoms with E-state index < -0.39 is 0 Å². The molecule has 0 fully saturated rings. The fourth-order valence-electron chi connectivity index (χ4n) is 1.85. The van der Waals surface area contributed by atoms with Crippen LogP contribution >= 0.6 is 12.4 Å². The summed E-state index contributed by atoms with van der Waals surface area (Å²) in [6, 6.07) is 6.83. The number of carbonyl (C=O) groups excluding carboxylic acids is 2. The van der Waals surface area contributed by atoms with E-state index in [4.69, 9.17) is 5.73 Å². The molecule has 2 amide bonds. The van der Waals surface area contributed by atoms with Crippen LogP contribution in [0.1, 0.15) is 16.8 Å². The molecule has 1 aromatic heterocycles. The molecule has 0 radical (unpaired) electrons. The molecule has 2 aromatic rings. The molecule has 2 rings (SSSR count). The van der Waals surface area contributed by atoms with Gasteiger partial charge in [-0.15, -0.1) is 12.4 Å². The fraction of sp³-hybridized carbons (Fsp3) is 0.286. The van der Waals surface area contributed by atoms with Crippen LogP contribution < -0.4 is 16.4 Å². The minimum absolute atomic E-state index is 0. The summed E-state index contributed by atoms with van der Waals surface area (Å²) in [7, 11) is 0. The maximum absolute atomic E-state index is 12.0. The van der Waals surface area contributed by atoms with Gasteiger partial charge in [-0.3, -0.25) is 14.3 Å². The van der Waals surface area contributed by atoms with Gasteiger partial charge in [0.05, 0.1) is 17.8 Å². The molecule has 1 heterocycles. The summed E-state index contributed by atoms with van der Waals surface area (Å²) in [6.07, 6.45) is 3.19. The molecule has 0 atom stereocenters. The summed E-state index contributed by atoms with van der Waals surface area (Å²) in [5.74, 6) is -0.466. The van der Waals surface area contributed by atoms with Gasteiger partial charge in [-0.2, -0.15) is 5.10 Å². The van der Waals surface area contributed by atoms with Gasteiger partial charge in [0.2, 0.25) is 5.91 Å². The van der Waals surface area contributed by atoms with Crippen molar-refractivity contribution in [1.82, 2.24) is 20.1 Å². The summed E-state index contributed by atoms with van der Waals surface area (Å²) in [5, 5.41) is 9.34. The molecule has 0 saturated heterocycles. The number of nitrogens with zero attached hydrogens (tertiary/aromatic N) is 3. The molecule has 1 aromatic carbocycles. The number of hydrogen-bond acceptors (Lipinski definition) is 5. The van der Waals surface area contributed by atoms with Gasteiger partial charge in [0.15, 0.2) is 0 Å². The highest BCUT2D eigenvalue weighted by Gasteiger charge is 2.12. The minimum Gasteiger partial charge on any atom is -0.351 e. The Kier molecular flexibility index (Phi) is 7.72. The second-order valence-corrected chi connectivity index (χ2v) is 4.55. The molecule has 0 spiro atoms. The quantitative estimate of drug-likeness (QED) is 0.676. The van der Waals surface area contributed by atoms with Crippen molar-refractivity contribution in [3.8, 4) is 0 Å². The van der Waals surface area contributed by atoms with Crippen molar-refractivity contribution in [3.63, 3.8) is 0 Å². The molecule has 0 aliphatic rings. The summed E-state index contributed by atoms with van der Waals surface area (Å²) < 4.78 is 1.57. The van der Waals surface area contributed by atoms with Crippen molar-refractivity contribution in [1.29, 1.82) is 0 Å². The average molecular weight is 339 g/mol. The molecule has 0 aliphatic heterocycles. The molecular weight excluding hydrogens is 320 g/mol. The Labute approximate surface area is 139 Å². The maximum Gasteiger partial charge on any atom is 0.253 e. The van der Waals surface area contributed by atoms with E-state index in [1.807, 2.05) is 0 Å². The number of para-hydroxylation sites is 1. The van der Waals surface area contributed by atoms with Crippen LogP contribution in [0.25, 0.3) is 0 Å². The first-order valence-electron chi connectivity index (χ1n) is 6.90. The number of aryl methyl sites for hydroxylation is 1. The number of halogens is 1. The molecule has 0 bridgehead atoms. The van der Waals surface area contributed by atoms with Gasteiger partial charge in [0.1, 0.15) is 12.7 Å². The zero-order valence-corrected chi connectivity index (χ0v) is 13.3. The van der Waals surface area contributed by atoms with Crippen LogP contribution in [0.4, 0.5) is 5.69 Å². The van der Waals surface area contributed by atoms with E-state index >= 15 is 0 Å². The number of hydrogen-bond donors (Lipinski definition) is 3. The lowest BCUT2D eigenvalue weighted by Gasteiger charge is -2.11. The van der Waals surface area contributed by atoms with Crippen molar-refractivity contribution < 1.29 is 9.59 Å². The van der Waals surface area contributed by atoms with Crippen molar-refractivity contribution in [3.05, 3.63) is 42.5 Å². The van der Waals surface area contributed by atoms with Gasteiger partial charge >= 0.3 is 0 Å². The third kappa shape index (κ3) is 5.68. The average Bonchev–Trinajstić information content (AvgIpc) is 3.04. The van der Waals surface area contributed by atoms with Gasteiger partial charge in [0.25, 0.3) is 5.91 Å². The smallest absolute Gasteiger partial charge is 0.253 e. The second kappa shape index (κ2) is 9.54. The van der Waals surface area contributed by atoms with Crippen LogP contribution in [-0.4, -0.2) is 39.7 Å². The third-order valence-electron chi connectivity index (χ3n) is 2.91. The van der Waals surface area contributed by atoms with Gasteiger partial charge in [0, 0.05) is 19.5 Å². The lowest BCUT2D eigenvalue weighted by molar-refractivity contribution is -0.116. The van der Waals surface area contributed by atoms with E-state index in [1.165, 1.54) is 6.33 Å². The van der Waals surface area contributed by atoms with Crippen molar-refractivity contribution in [2.45, 2.75) is 13.0 Å². The standard InChI is InChI=1S/C14H18N6O2.ClH/c15-6-7-17-14(22)11-3-1-2-4-12(11)19-13(21)5-8-20-10-16-9-18-20;/h1-4,9-10H,5-8,15H2,(H,17,22)(H,19,21);1H. The van der Waals surface area contributed by atoms with E-state index in [0.29, 0.717) is 30.9 Å². The Morgan fingerprint density at radius 3 is 2.74 bits per heavy atom. The van der Waals surface area contributed by atoms with Crippen LogP contribution in [0.15, 0.2) is 36.9 Å². The number of anilines is 1. The van der Waals surface area contributed by atoms with Gasteiger partial charge in [-0.25, -0.2) is 4.98 Å². The molecule has 0 unspecified atom stereocenters. The zero-order valence-electron chi connectivity index (χ0n) is 12.4. The van der Waals surface area contributed by atoms with E-state index in [2.05, 4.69) is 20.7 Å². The van der Waals surface area contributed by atoms with Crippen LogP contribution in [-0.2, 0) is 11.3 Å². The molecule has 4 N–H and O–H groups in total. The van der Waals surface area contributed by atoms with Gasteiger partial charge < -0.3 is 16.4 Å². The Morgan fingerprint density at radius 1 is 1.26 bits per heavy atom. The molecular formula is C14H19ClN6O2. The first-order chi connectivity index (χ1) is 10.7. The number of nitrogens with one attached hydrogen (secondary N) is 2. The molecule has 9 heteroatoms. The number of rotatable bonds is 7. The Morgan fingerprint density at radius 2 is 2.04 bits per heavy atom. The van der Waals surface area contributed by atoms with Gasteiger partial charge in [-0.1, -0.05) is 12.1 Å². The molecule has 8 nitrogen and oxygen atoms in total. The number of aromatic nitrogens is 3. The van der Waals surface area contributed by atoms with Crippen LogP contribution in [0.5, 0.6) is 0 Å². The lowest BCUT2D eigenvalue weighted by Crippen LogP contribution is -2.30. The summed E-state index contributed by atoms with van der Waals surface area (Å²) >= 11 is 0. The predicted molar refractivity (Wildman–Crippen MR) is 88.3 cm³/mol. The van der Waals surface area contributed by atoms with Crippen molar-refractivity contribution >= 4 is 29.9 Å². The molecule has 124 valence electrons. The van der Waals surface area contributed by atoms with Crippen LogP contribution in [0.3, 0.4) is 0 Å². The second-order valence-electron chi connectivity index (χ2n) is 4.55. The minimum atomic E-state index is -0.266. The number of carbonyl (C=O) groups is 2. The number of nitrogens with two attached hydrogens (primary N) is 1. The normalized spacial score (nSPS) is 9.78. The Bertz CT molecular complexity index is 632. The first kappa shape index (κ1) is 18.6. The van der Waals surface area contributed by atoms with E-state index in [1.54, 1.807) is 35.3 Å². The summed E-state index contributed by atoms with van der Waals surface area (Å²) in [5.41, 5.74) is 6.24. The lowest BCUT2D eigenvalue weighted by atomic mass is 10.1. The van der Waals surface area contributed by atoms with Crippen molar-refractivity contribution in [2.24, 2.45) is 5.73 Å². The molecule has 23 heavy (non-hydrogen) atoms. The maximum atomic E-state index is 12.0. The van der Waals surface area contributed by atoms with E-state index in [0.717, 1.165) is 0 Å². The third-order valence-corrected chi connectivity index (χ3v) is 2.91. The monoisotopic (exact) mass is 338 g/mol. The van der Waals surface area contributed by atoms with E-state index in [9.17, 15) is 9.59 Å². The van der Waals surface area contributed by atoms with E-state index in [-0.39, 0.29) is 30.6 Å². The molecule has 0 aliphatic carbocycles.